The van der Waals surface area contributed by atoms with E-state index >= 15 is 0 Å². The van der Waals surface area contributed by atoms with Crippen LogP contribution >= 0.6 is 0 Å². The van der Waals surface area contributed by atoms with Crippen molar-refractivity contribution in [3.63, 3.8) is 0 Å². The Hall–Kier alpha value is -0.805. The second-order valence-corrected chi connectivity index (χ2v) is 7.14. The summed E-state index contributed by atoms with van der Waals surface area (Å²) in [6.07, 6.45) is 4.27. The number of aromatic nitrogens is 2. The topological polar surface area (TPSA) is 36.3 Å². The van der Waals surface area contributed by atoms with Crippen molar-refractivity contribution >= 4 is 12.6 Å². The van der Waals surface area contributed by atoms with Gasteiger partial charge >= 0.3 is 7.12 Å². The molecule has 21 heavy (non-hydrogen) atoms. The third-order valence-corrected chi connectivity index (χ3v) is 5.23. The van der Waals surface area contributed by atoms with Crippen molar-refractivity contribution in [1.29, 1.82) is 0 Å². The summed E-state index contributed by atoms with van der Waals surface area (Å²) in [5.41, 5.74) is 1.60. The van der Waals surface area contributed by atoms with Crippen LogP contribution < -0.4 is 5.46 Å². The molecule has 4 nitrogen and oxygen atoms in total. The summed E-state index contributed by atoms with van der Waals surface area (Å²) in [4.78, 5) is 0. The lowest BCUT2D eigenvalue weighted by Gasteiger charge is -2.32. The van der Waals surface area contributed by atoms with E-state index in [0.29, 0.717) is 5.92 Å². The molecule has 1 fully saturated rings. The van der Waals surface area contributed by atoms with Crippen LogP contribution in [0.15, 0.2) is 6.20 Å². The van der Waals surface area contributed by atoms with Crippen LogP contribution in [-0.4, -0.2) is 28.1 Å². The van der Waals surface area contributed by atoms with E-state index in [1.165, 1.54) is 12.8 Å². The lowest BCUT2D eigenvalue weighted by atomic mass is 9.79. The van der Waals surface area contributed by atoms with Crippen molar-refractivity contribution in [2.75, 3.05) is 0 Å². The first-order chi connectivity index (χ1) is 9.71. The molecule has 0 aliphatic carbocycles. The van der Waals surface area contributed by atoms with E-state index < -0.39 is 0 Å². The molecular weight excluding hydrogens is 263 g/mol. The van der Waals surface area contributed by atoms with Crippen molar-refractivity contribution in [2.45, 2.75) is 79.1 Å². The van der Waals surface area contributed by atoms with Gasteiger partial charge in [0.15, 0.2) is 0 Å². The Morgan fingerprint density at radius 1 is 1.14 bits per heavy atom. The third kappa shape index (κ3) is 3.04. The molecule has 1 aromatic heterocycles. The summed E-state index contributed by atoms with van der Waals surface area (Å²) in [6.45, 7) is 15.9. The van der Waals surface area contributed by atoms with Gasteiger partial charge in [-0.2, -0.15) is 5.10 Å². The van der Waals surface area contributed by atoms with Gasteiger partial charge in [0.25, 0.3) is 0 Å². The molecule has 5 heteroatoms. The molecule has 0 atom stereocenters. The second-order valence-electron chi connectivity index (χ2n) is 7.14. The maximum Gasteiger partial charge on any atom is 0.498 e. The van der Waals surface area contributed by atoms with Gasteiger partial charge in [0.1, 0.15) is 0 Å². The lowest BCUT2D eigenvalue weighted by Crippen LogP contribution is -2.41. The summed E-state index contributed by atoms with van der Waals surface area (Å²) in [6, 6.07) is 0. The Bertz CT molecular complexity index is 476. The maximum atomic E-state index is 6.13. The van der Waals surface area contributed by atoms with Gasteiger partial charge in [-0.05, 0) is 40.5 Å². The molecule has 2 heterocycles. The highest BCUT2D eigenvalue weighted by atomic mass is 16.7. The molecule has 1 aliphatic rings. The Labute approximate surface area is 129 Å². The van der Waals surface area contributed by atoms with E-state index in [9.17, 15) is 0 Å². The summed E-state index contributed by atoms with van der Waals surface area (Å²) in [5, 5.41) is 4.55. The fourth-order valence-corrected chi connectivity index (χ4v) is 2.64. The number of rotatable bonds is 5. The molecule has 0 aromatic carbocycles. The van der Waals surface area contributed by atoms with Crippen LogP contribution in [0.4, 0.5) is 0 Å². The standard InChI is InChI=1S/C16H29BN2O2/c1-8-13(9-2)11-19-12(3)14(10-18-19)17-20-15(4,5)16(6,7)21-17/h10,13H,8-9,11H2,1-7H3. The molecule has 0 spiro atoms. The lowest BCUT2D eigenvalue weighted by molar-refractivity contribution is 0.00578. The molecule has 1 aromatic rings. The first-order valence-corrected chi connectivity index (χ1v) is 8.09. The van der Waals surface area contributed by atoms with Gasteiger partial charge in [-0.15, -0.1) is 0 Å². The Morgan fingerprint density at radius 2 is 1.67 bits per heavy atom. The minimum atomic E-state index is -0.314. The minimum absolute atomic E-state index is 0.304. The highest BCUT2D eigenvalue weighted by Gasteiger charge is 2.52. The number of hydrogen-bond acceptors (Lipinski definition) is 3. The molecule has 1 aliphatic heterocycles. The zero-order chi connectivity index (χ0) is 15.8. The van der Waals surface area contributed by atoms with Gasteiger partial charge in [0.05, 0.1) is 11.2 Å². The molecule has 1 saturated heterocycles. The molecular formula is C16H29BN2O2. The Kier molecular flexibility index (Phi) is 4.55. The zero-order valence-electron chi connectivity index (χ0n) is 14.6. The first-order valence-electron chi connectivity index (χ1n) is 8.09. The summed E-state index contributed by atoms with van der Waals surface area (Å²) < 4.78 is 14.3. The number of hydrogen-bond donors (Lipinski definition) is 0. The smallest absolute Gasteiger partial charge is 0.399 e. The van der Waals surface area contributed by atoms with E-state index in [-0.39, 0.29) is 18.3 Å². The normalized spacial score (nSPS) is 20.5. The highest BCUT2D eigenvalue weighted by molar-refractivity contribution is 6.62. The van der Waals surface area contributed by atoms with Crippen LogP contribution in [-0.2, 0) is 15.9 Å². The average molecular weight is 292 g/mol. The molecule has 2 rings (SSSR count). The fourth-order valence-electron chi connectivity index (χ4n) is 2.64. The van der Waals surface area contributed by atoms with E-state index in [0.717, 1.165) is 17.7 Å². The third-order valence-electron chi connectivity index (χ3n) is 5.23. The van der Waals surface area contributed by atoms with Crippen LogP contribution in [0.3, 0.4) is 0 Å². The monoisotopic (exact) mass is 292 g/mol. The summed E-state index contributed by atoms with van der Waals surface area (Å²) in [5.74, 6) is 0.676. The fraction of sp³-hybridized carbons (Fsp3) is 0.812. The molecule has 0 amide bonds. The van der Waals surface area contributed by atoms with Gasteiger partial charge in [0.2, 0.25) is 0 Å². The quantitative estimate of drug-likeness (QED) is 0.783. The molecule has 0 N–H and O–H groups in total. The van der Waals surface area contributed by atoms with Crippen molar-refractivity contribution in [2.24, 2.45) is 5.92 Å². The van der Waals surface area contributed by atoms with Crippen molar-refractivity contribution in [3.05, 3.63) is 11.9 Å². The Balaban J connectivity index is 2.18. The summed E-state index contributed by atoms with van der Waals surface area (Å²) in [7, 11) is -0.314. The van der Waals surface area contributed by atoms with E-state index in [1.807, 2.05) is 6.20 Å². The van der Waals surface area contributed by atoms with Gasteiger partial charge in [-0.3, -0.25) is 4.68 Å². The molecule has 0 bridgehead atoms. The van der Waals surface area contributed by atoms with Gasteiger partial charge in [0, 0.05) is 23.9 Å². The predicted octanol–water partition coefficient (Wildman–Crippen LogP) is 2.93. The molecule has 118 valence electrons. The molecule has 0 saturated carbocycles. The average Bonchev–Trinajstić information content (AvgIpc) is 2.85. The van der Waals surface area contributed by atoms with Crippen LogP contribution in [0, 0.1) is 12.8 Å². The van der Waals surface area contributed by atoms with E-state index in [1.54, 1.807) is 0 Å². The Morgan fingerprint density at radius 3 is 2.14 bits per heavy atom. The SMILES string of the molecule is CCC(CC)Cn1ncc(B2OC(C)(C)C(C)(C)O2)c1C. The van der Waals surface area contributed by atoms with Crippen LogP contribution in [0.25, 0.3) is 0 Å². The van der Waals surface area contributed by atoms with E-state index in [2.05, 4.69) is 58.2 Å². The highest BCUT2D eigenvalue weighted by Crippen LogP contribution is 2.36. The predicted molar refractivity (Wildman–Crippen MR) is 86.8 cm³/mol. The zero-order valence-corrected chi connectivity index (χ0v) is 14.6. The van der Waals surface area contributed by atoms with Gasteiger partial charge in [-0.1, -0.05) is 26.7 Å². The van der Waals surface area contributed by atoms with Crippen molar-refractivity contribution in [3.8, 4) is 0 Å². The van der Waals surface area contributed by atoms with Gasteiger partial charge < -0.3 is 9.31 Å². The van der Waals surface area contributed by atoms with Crippen molar-refractivity contribution in [1.82, 2.24) is 9.78 Å². The van der Waals surface area contributed by atoms with Gasteiger partial charge in [-0.25, -0.2) is 0 Å². The molecule has 0 unspecified atom stereocenters. The van der Waals surface area contributed by atoms with Crippen LogP contribution in [0.1, 0.15) is 60.1 Å². The largest absolute Gasteiger partial charge is 0.498 e. The minimum Gasteiger partial charge on any atom is -0.399 e. The van der Waals surface area contributed by atoms with E-state index in [4.69, 9.17) is 9.31 Å². The number of nitrogens with zero attached hydrogens (tertiary/aromatic N) is 2. The van der Waals surface area contributed by atoms with Crippen LogP contribution in [0.5, 0.6) is 0 Å². The van der Waals surface area contributed by atoms with Crippen LogP contribution in [0.2, 0.25) is 0 Å². The second kappa shape index (κ2) is 5.77. The first kappa shape index (κ1) is 16.6. The maximum absolute atomic E-state index is 6.13. The van der Waals surface area contributed by atoms with Crippen molar-refractivity contribution < 1.29 is 9.31 Å². The molecule has 0 radical (unpaired) electrons. The summed E-state index contributed by atoms with van der Waals surface area (Å²) >= 11 is 0.